The lowest BCUT2D eigenvalue weighted by atomic mass is 10.2. The van der Waals surface area contributed by atoms with Gasteiger partial charge in [0.25, 0.3) is 0 Å². The van der Waals surface area contributed by atoms with Gasteiger partial charge in [-0.3, -0.25) is 4.79 Å². The number of H-pyrrole nitrogens is 1. The fourth-order valence-electron chi connectivity index (χ4n) is 1.64. The van der Waals surface area contributed by atoms with Crippen LogP contribution in [0.5, 0.6) is 0 Å². The predicted molar refractivity (Wildman–Crippen MR) is 80.8 cm³/mol. The highest BCUT2D eigenvalue weighted by molar-refractivity contribution is 6.34. The van der Waals surface area contributed by atoms with E-state index in [9.17, 15) is 4.79 Å². The van der Waals surface area contributed by atoms with E-state index in [0.717, 1.165) is 11.3 Å². The first-order valence-corrected chi connectivity index (χ1v) is 6.78. The molecule has 0 saturated carbocycles. The molecule has 0 aliphatic heterocycles. The second kappa shape index (κ2) is 7.12. The summed E-state index contributed by atoms with van der Waals surface area (Å²) in [4.78, 5) is 18.5. The van der Waals surface area contributed by atoms with Gasteiger partial charge >= 0.3 is 0 Å². The highest BCUT2D eigenvalue weighted by atomic mass is 35.5. The van der Waals surface area contributed by atoms with Crippen molar-refractivity contribution >= 4 is 35.2 Å². The molecule has 0 spiro atoms. The fraction of sp³-hybridized carbons (Fsp3) is 0.143. The number of carbonyl (C=O) groups excluding carboxylic acids is 1. The number of rotatable bonds is 5. The lowest BCUT2D eigenvalue weighted by Crippen LogP contribution is -2.23. The van der Waals surface area contributed by atoms with Gasteiger partial charge in [-0.15, -0.1) is 0 Å². The molecule has 0 bridgehead atoms. The number of nitrogens with one attached hydrogen (secondary N) is 2. The fourth-order valence-corrected chi connectivity index (χ4v) is 2.19. The number of amides is 1. The van der Waals surface area contributed by atoms with E-state index in [0.29, 0.717) is 23.0 Å². The van der Waals surface area contributed by atoms with Crippen molar-refractivity contribution in [2.45, 2.75) is 6.42 Å². The van der Waals surface area contributed by atoms with Crippen molar-refractivity contribution in [3.8, 4) is 0 Å². The van der Waals surface area contributed by atoms with E-state index in [-0.39, 0.29) is 5.91 Å². The van der Waals surface area contributed by atoms with Gasteiger partial charge in [0.2, 0.25) is 5.91 Å². The summed E-state index contributed by atoms with van der Waals surface area (Å²) in [5.41, 5.74) is 1.77. The molecule has 1 amide bonds. The number of hydrogen-bond acceptors (Lipinski definition) is 2. The van der Waals surface area contributed by atoms with Gasteiger partial charge in [-0.2, -0.15) is 0 Å². The van der Waals surface area contributed by atoms with Crippen LogP contribution in [0.2, 0.25) is 10.0 Å². The van der Waals surface area contributed by atoms with Gasteiger partial charge in [-0.1, -0.05) is 23.2 Å². The Balaban J connectivity index is 1.82. The number of aromatic amines is 1. The molecule has 104 valence electrons. The highest BCUT2D eigenvalue weighted by Crippen LogP contribution is 2.19. The van der Waals surface area contributed by atoms with E-state index in [1.807, 2.05) is 0 Å². The molecule has 2 N–H and O–H groups in total. The van der Waals surface area contributed by atoms with Crippen LogP contribution in [0, 0.1) is 0 Å². The van der Waals surface area contributed by atoms with Crippen molar-refractivity contribution in [1.29, 1.82) is 0 Å². The van der Waals surface area contributed by atoms with Gasteiger partial charge in [0.05, 0.1) is 6.33 Å². The number of aromatic nitrogens is 2. The molecule has 4 nitrogen and oxygen atoms in total. The summed E-state index contributed by atoms with van der Waals surface area (Å²) in [5, 5.41) is 3.86. The average molecular weight is 310 g/mol. The number of carbonyl (C=O) groups is 1. The van der Waals surface area contributed by atoms with Gasteiger partial charge in [-0.05, 0) is 29.8 Å². The molecule has 0 aliphatic rings. The zero-order chi connectivity index (χ0) is 14.4. The van der Waals surface area contributed by atoms with Gasteiger partial charge in [0, 0.05) is 41.0 Å². The Bertz CT molecular complexity index is 589. The first kappa shape index (κ1) is 14.6. The lowest BCUT2D eigenvalue weighted by Gasteiger charge is -2.00. The van der Waals surface area contributed by atoms with Gasteiger partial charge in [0.1, 0.15) is 0 Å². The van der Waals surface area contributed by atoms with E-state index in [1.54, 1.807) is 36.8 Å². The van der Waals surface area contributed by atoms with Crippen molar-refractivity contribution in [2.75, 3.05) is 6.54 Å². The minimum Gasteiger partial charge on any atom is -0.352 e. The molecular formula is C14H13Cl2N3O. The highest BCUT2D eigenvalue weighted by Gasteiger charge is 1.99. The second-order valence-corrected chi connectivity index (χ2v) is 5.03. The van der Waals surface area contributed by atoms with E-state index in [1.165, 1.54) is 6.08 Å². The number of imidazole rings is 1. The molecule has 0 aliphatic carbocycles. The largest absolute Gasteiger partial charge is 0.352 e. The molecule has 1 heterocycles. The van der Waals surface area contributed by atoms with Gasteiger partial charge < -0.3 is 10.3 Å². The van der Waals surface area contributed by atoms with Crippen LogP contribution in [0.4, 0.5) is 0 Å². The Morgan fingerprint density at radius 2 is 2.05 bits per heavy atom. The molecule has 0 unspecified atom stereocenters. The molecule has 20 heavy (non-hydrogen) atoms. The Labute approximate surface area is 126 Å². The predicted octanol–water partition coefficient (Wildman–Crippen LogP) is 3.09. The van der Waals surface area contributed by atoms with Crippen molar-refractivity contribution in [3.05, 3.63) is 58.1 Å². The Hall–Kier alpha value is -1.78. The molecule has 6 heteroatoms. The van der Waals surface area contributed by atoms with Crippen LogP contribution in [-0.4, -0.2) is 22.4 Å². The third-order valence-electron chi connectivity index (χ3n) is 2.56. The quantitative estimate of drug-likeness (QED) is 0.834. The SMILES string of the molecule is O=C(C=Cc1cc(Cl)cc(Cl)c1)NCCc1cnc[nH]1. The minimum absolute atomic E-state index is 0.166. The molecule has 2 rings (SSSR count). The topological polar surface area (TPSA) is 57.8 Å². The van der Waals surface area contributed by atoms with Crippen LogP contribution in [0.1, 0.15) is 11.3 Å². The van der Waals surface area contributed by atoms with Gasteiger partial charge in [-0.25, -0.2) is 4.98 Å². The van der Waals surface area contributed by atoms with Crippen molar-refractivity contribution in [3.63, 3.8) is 0 Å². The van der Waals surface area contributed by atoms with Crippen molar-refractivity contribution in [1.82, 2.24) is 15.3 Å². The first-order valence-electron chi connectivity index (χ1n) is 6.03. The molecule has 1 aromatic heterocycles. The number of halogens is 2. The zero-order valence-corrected chi connectivity index (χ0v) is 12.1. The van der Waals surface area contributed by atoms with Crippen LogP contribution in [0.25, 0.3) is 6.08 Å². The Kier molecular flexibility index (Phi) is 5.21. The normalized spacial score (nSPS) is 10.9. The monoisotopic (exact) mass is 309 g/mol. The molecule has 1 aromatic carbocycles. The third-order valence-corrected chi connectivity index (χ3v) is 3.00. The Morgan fingerprint density at radius 3 is 2.70 bits per heavy atom. The molecular weight excluding hydrogens is 297 g/mol. The van der Waals surface area contributed by atoms with E-state index in [2.05, 4.69) is 15.3 Å². The molecule has 0 radical (unpaired) electrons. The lowest BCUT2D eigenvalue weighted by molar-refractivity contribution is -0.116. The third kappa shape index (κ3) is 4.72. The summed E-state index contributed by atoms with van der Waals surface area (Å²) >= 11 is 11.8. The average Bonchev–Trinajstić information content (AvgIpc) is 2.88. The second-order valence-electron chi connectivity index (χ2n) is 4.15. The van der Waals surface area contributed by atoms with Crippen LogP contribution >= 0.6 is 23.2 Å². The van der Waals surface area contributed by atoms with Crippen molar-refractivity contribution < 1.29 is 4.79 Å². The number of nitrogens with zero attached hydrogens (tertiary/aromatic N) is 1. The maximum Gasteiger partial charge on any atom is 0.244 e. The molecule has 2 aromatic rings. The summed E-state index contributed by atoms with van der Waals surface area (Å²) in [7, 11) is 0. The molecule has 0 fully saturated rings. The maximum atomic E-state index is 11.6. The summed E-state index contributed by atoms with van der Waals surface area (Å²) in [5.74, 6) is -0.166. The van der Waals surface area contributed by atoms with Crippen LogP contribution < -0.4 is 5.32 Å². The summed E-state index contributed by atoms with van der Waals surface area (Å²) in [6.45, 7) is 0.543. The van der Waals surface area contributed by atoms with Crippen LogP contribution in [0.3, 0.4) is 0 Å². The van der Waals surface area contributed by atoms with Crippen LogP contribution in [0.15, 0.2) is 36.8 Å². The molecule has 0 saturated heterocycles. The zero-order valence-electron chi connectivity index (χ0n) is 10.6. The van der Waals surface area contributed by atoms with E-state index in [4.69, 9.17) is 23.2 Å². The van der Waals surface area contributed by atoms with Crippen molar-refractivity contribution in [2.24, 2.45) is 0 Å². The van der Waals surface area contributed by atoms with Gasteiger partial charge in [0.15, 0.2) is 0 Å². The summed E-state index contributed by atoms with van der Waals surface area (Å²) in [6.07, 6.45) is 7.18. The minimum atomic E-state index is -0.166. The summed E-state index contributed by atoms with van der Waals surface area (Å²) < 4.78 is 0. The van der Waals surface area contributed by atoms with E-state index >= 15 is 0 Å². The standard InChI is InChI=1S/C14H13Cl2N3O/c15-11-5-10(6-12(16)7-11)1-2-14(20)18-4-3-13-8-17-9-19-13/h1-2,5-9H,3-4H2,(H,17,19)(H,18,20). The Morgan fingerprint density at radius 1 is 1.30 bits per heavy atom. The van der Waals surface area contributed by atoms with E-state index < -0.39 is 0 Å². The number of hydrogen-bond donors (Lipinski definition) is 2. The maximum absolute atomic E-state index is 11.6. The smallest absolute Gasteiger partial charge is 0.244 e. The first-order chi connectivity index (χ1) is 9.63. The van der Waals surface area contributed by atoms with Crippen LogP contribution in [-0.2, 0) is 11.2 Å². The summed E-state index contributed by atoms with van der Waals surface area (Å²) in [6, 6.07) is 5.12. The molecule has 0 atom stereocenters. The number of benzene rings is 1.